The second-order valence-electron chi connectivity index (χ2n) is 6.12. The standard InChI is InChI=1S/C16H22N4OS/c1-10-7-13(11(2)17-10)14(21)9-22-16-18-15(19-20-16)8-12-5-3-4-6-12/h7,12,17H,3-6,8-9H2,1-2H3,(H,18,19,20). The number of aryl methyl sites for hydroxylation is 2. The zero-order valence-corrected chi connectivity index (χ0v) is 13.9. The Morgan fingerprint density at radius 3 is 2.82 bits per heavy atom. The summed E-state index contributed by atoms with van der Waals surface area (Å²) in [6.07, 6.45) is 6.26. The lowest BCUT2D eigenvalue weighted by atomic mass is 10.0. The highest BCUT2D eigenvalue weighted by atomic mass is 32.2. The van der Waals surface area contributed by atoms with E-state index in [9.17, 15) is 4.79 Å². The van der Waals surface area contributed by atoms with Gasteiger partial charge in [-0.05, 0) is 25.8 Å². The second-order valence-corrected chi connectivity index (χ2v) is 7.06. The fourth-order valence-corrected chi connectivity index (χ4v) is 3.84. The predicted molar refractivity (Wildman–Crippen MR) is 87.4 cm³/mol. The molecule has 1 fully saturated rings. The molecule has 6 heteroatoms. The third kappa shape index (κ3) is 3.61. The molecule has 0 amide bonds. The van der Waals surface area contributed by atoms with E-state index in [-0.39, 0.29) is 5.78 Å². The summed E-state index contributed by atoms with van der Waals surface area (Å²) in [5, 5.41) is 7.90. The summed E-state index contributed by atoms with van der Waals surface area (Å²) in [4.78, 5) is 19.9. The maximum atomic E-state index is 12.2. The van der Waals surface area contributed by atoms with Crippen molar-refractivity contribution in [2.75, 3.05) is 5.75 Å². The van der Waals surface area contributed by atoms with Gasteiger partial charge in [-0.15, -0.1) is 5.10 Å². The average Bonchev–Trinajstić information content (AvgIpc) is 3.19. The Morgan fingerprint density at radius 1 is 1.36 bits per heavy atom. The van der Waals surface area contributed by atoms with Crippen LogP contribution in [-0.2, 0) is 6.42 Å². The Kier molecular flexibility index (Phi) is 4.66. The normalized spacial score (nSPS) is 15.5. The van der Waals surface area contributed by atoms with Crippen LogP contribution in [0.3, 0.4) is 0 Å². The molecule has 22 heavy (non-hydrogen) atoms. The molecule has 2 aromatic heterocycles. The Labute approximate surface area is 134 Å². The molecule has 2 heterocycles. The van der Waals surface area contributed by atoms with Crippen molar-refractivity contribution in [3.8, 4) is 0 Å². The van der Waals surface area contributed by atoms with Gasteiger partial charge in [0.25, 0.3) is 0 Å². The van der Waals surface area contributed by atoms with Crippen molar-refractivity contribution in [3.63, 3.8) is 0 Å². The summed E-state index contributed by atoms with van der Waals surface area (Å²) in [5.41, 5.74) is 2.72. The molecular weight excluding hydrogens is 296 g/mol. The molecular formula is C16H22N4OS. The number of nitrogens with one attached hydrogen (secondary N) is 2. The molecule has 0 bridgehead atoms. The number of rotatable bonds is 6. The van der Waals surface area contributed by atoms with Crippen LogP contribution in [0.25, 0.3) is 0 Å². The van der Waals surface area contributed by atoms with E-state index in [0.717, 1.165) is 35.1 Å². The lowest BCUT2D eigenvalue weighted by molar-refractivity contribution is 0.102. The van der Waals surface area contributed by atoms with Gasteiger partial charge in [0.05, 0.1) is 5.75 Å². The maximum Gasteiger partial charge on any atom is 0.208 e. The minimum Gasteiger partial charge on any atom is -0.362 e. The molecule has 3 rings (SSSR count). The van der Waals surface area contributed by atoms with Gasteiger partial charge in [0.1, 0.15) is 5.82 Å². The molecule has 2 N–H and O–H groups in total. The maximum absolute atomic E-state index is 12.2. The fourth-order valence-electron chi connectivity index (χ4n) is 3.14. The van der Waals surface area contributed by atoms with Crippen molar-refractivity contribution < 1.29 is 4.79 Å². The van der Waals surface area contributed by atoms with Gasteiger partial charge in [-0.25, -0.2) is 4.98 Å². The third-order valence-corrected chi connectivity index (χ3v) is 5.10. The monoisotopic (exact) mass is 318 g/mol. The van der Waals surface area contributed by atoms with Crippen molar-refractivity contribution in [1.29, 1.82) is 0 Å². The number of nitrogens with zero attached hydrogens (tertiary/aromatic N) is 2. The number of ketones is 1. The summed E-state index contributed by atoms with van der Waals surface area (Å²) in [6.45, 7) is 3.89. The molecule has 0 radical (unpaired) electrons. The summed E-state index contributed by atoms with van der Waals surface area (Å²) in [7, 11) is 0. The van der Waals surface area contributed by atoms with Crippen molar-refractivity contribution in [3.05, 3.63) is 28.8 Å². The van der Waals surface area contributed by atoms with E-state index in [1.165, 1.54) is 37.4 Å². The molecule has 1 aliphatic carbocycles. The van der Waals surface area contributed by atoms with Gasteiger partial charge in [0.15, 0.2) is 5.78 Å². The first kappa shape index (κ1) is 15.3. The zero-order valence-electron chi connectivity index (χ0n) is 13.1. The van der Waals surface area contributed by atoms with Crippen LogP contribution in [0.2, 0.25) is 0 Å². The summed E-state index contributed by atoms with van der Waals surface area (Å²) >= 11 is 1.40. The molecule has 0 saturated heterocycles. The molecule has 0 atom stereocenters. The van der Waals surface area contributed by atoms with E-state index in [1.807, 2.05) is 19.9 Å². The smallest absolute Gasteiger partial charge is 0.208 e. The van der Waals surface area contributed by atoms with Crippen molar-refractivity contribution in [1.82, 2.24) is 20.2 Å². The molecule has 1 saturated carbocycles. The number of thioether (sulfide) groups is 1. The van der Waals surface area contributed by atoms with Crippen LogP contribution in [0.5, 0.6) is 0 Å². The summed E-state index contributed by atoms with van der Waals surface area (Å²) in [5.74, 6) is 2.20. The number of aromatic amines is 2. The van der Waals surface area contributed by atoms with Crippen molar-refractivity contribution in [2.45, 2.75) is 51.1 Å². The lowest BCUT2D eigenvalue weighted by Gasteiger charge is -2.04. The van der Waals surface area contributed by atoms with Gasteiger partial charge in [0.2, 0.25) is 5.16 Å². The first-order valence-corrected chi connectivity index (χ1v) is 8.84. The van der Waals surface area contributed by atoms with E-state index < -0.39 is 0 Å². The van der Waals surface area contributed by atoms with Gasteiger partial charge in [-0.2, -0.15) is 0 Å². The Morgan fingerprint density at radius 2 is 2.14 bits per heavy atom. The van der Waals surface area contributed by atoms with Crippen LogP contribution in [0.4, 0.5) is 0 Å². The van der Waals surface area contributed by atoms with Crippen LogP contribution < -0.4 is 0 Å². The van der Waals surface area contributed by atoms with Crippen LogP contribution in [0.1, 0.15) is 53.3 Å². The SMILES string of the molecule is Cc1cc(C(=O)CSc2n[nH]c(CC3CCCC3)n2)c(C)[nH]1. The topological polar surface area (TPSA) is 74.4 Å². The largest absolute Gasteiger partial charge is 0.362 e. The minimum absolute atomic E-state index is 0.119. The molecule has 0 aromatic carbocycles. The number of carbonyl (C=O) groups is 1. The Balaban J connectivity index is 1.54. The quantitative estimate of drug-likeness (QED) is 0.632. The van der Waals surface area contributed by atoms with Gasteiger partial charge in [0, 0.05) is 23.4 Å². The minimum atomic E-state index is 0.119. The molecule has 2 aromatic rings. The number of hydrogen-bond donors (Lipinski definition) is 2. The highest BCUT2D eigenvalue weighted by Gasteiger charge is 2.18. The van der Waals surface area contributed by atoms with E-state index >= 15 is 0 Å². The fraction of sp³-hybridized carbons (Fsp3) is 0.562. The second kappa shape index (κ2) is 6.69. The highest BCUT2D eigenvalue weighted by Crippen LogP contribution is 2.27. The van der Waals surface area contributed by atoms with Crippen molar-refractivity contribution in [2.24, 2.45) is 5.92 Å². The molecule has 118 valence electrons. The highest BCUT2D eigenvalue weighted by molar-refractivity contribution is 7.99. The van der Waals surface area contributed by atoms with E-state index in [2.05, 4.69) is 20.2 Å². The first-order valence-electron chi connectivity index (χ1n) is 7.85. The Hall–Kier alpha value is -1.56. The van der Waals surface area contributed by atoms with E-state index in [0.29, 0.717) is 10.9 Å². The van der Waals surface area contributed by atoms with Crippen LogP contribution in [0.15, 0.2) is 11.2 Å². The summed E-state index contributed by atoms with van der Waals surface area (Å²) in [6, 6.07) is 1.90. The van der Waals surface area contributed by atoms with Gasteiger partial charge in [-0.3, -0.25) is 9.89 Å². The van der Waals surface area contributed by atoms with Crippen LogP contribution >= 0.6 is 11.8 Å². The average molecular weight is 318 g/mol. The third-order valence-electron chi connectivity index (χ3n) is 4.25. The predicted octanol–water partition coefficient (Wildman–Crippen LogP) is 3.46. The molecule has 0 aliphatic heterocycles. The van der Waals surface area contributed by atoms with E-state index in [1.54, 1.807) is 0 Å². The molecule has 0 spiro atoms. The number of aromatic nitrogens is 4. The number of hydrogen-bond acceptors (Lipinski definition) is 4. The molecule has 1 aliphatic rings. The Bertz CT molecular complexity index is 655. The van der Waals surface area contributed by atoms with Gasteiger partial charge in [-0.1, -0.05) is 37.4 Å². The van der Waals surface area contributed by atoms with Gasteiger partial charge >= 0.3 is 0 Å². The first-order chi connectivity index (χ1) is 10.6. The van der Waals surface area contributed by atoms with E-state index in [4.69, 9.17) is 0 Å². The lowest BCUT2D eigenvalue weighted by Crippen LogP contribution is -2.03. The van der Waals surface area contributed by atoms with Crippen LogP contribution in [-0.4, -0.2) is 31.7 Å². The number of H-pyrrole nitrogens is 2. The van der Waals surface area contributed by atoms with Crippen LogP contribution in [0, 0.1) is 19.8 Å². The number of Topliss-reactive ketones (excluding diaryl/α,β-unsaturated/α-hetero) is 1. The van der Waals surface area contributed by atoms with Gasteiger partial charge < -0.3 is 4.98 Å². The zero-order chi connectivity index (χ0) is 15.5. The summed E-state index contributed by atoms with van der Waals surface area (Å²) < 4.78 is 0. The number of carbonyl (C=O) groups excluding carboxylic acids is 1. The molecule has 0 unspecified atom stereocenters. The molecule has 5 nitrogen and oxygen atoms in total. The van der Waals surface area contributed by atoms with Crippen molar-refractivity contribution >= 4 is 17.5 Å².